The van der Waals surface area contributed by atoms with Crippen LogP contribution in [-0.2, 0) is 4.74 Å². The van der Waals surface area contributed by atoms with Gasteiger partial charge in [0, 0.05) is 6.04 Å². The van der Waals surface area contributed by atoms with Gasteiger partial charge in [-0.25, -0.2) is 4.79 Å². The molecule has 0 fully saturated rings. The number of nitrogens with one attached hydrogen (secondary N) is 1. The fourth-order valence-electron chi connectivity index (χ4n) is 0.919. The highest BCUT2D eigenvalue weighted by Gasteiger charge is 2.08. The lowest BCUT2D eigenvalue weighted by Gasteiger charge is -2.14. The van der Waals surface area contributed by atoms with Crippen molar-refractivity contribution in [2.24, 2.45) is 5.73 Å². The van der Waals surface area contributed by atoms with Crippen LogP contribution in [0.5, 0.6) is 0 Å². The van der Waals surface area contributed by atoms with Crippen molar-refractivity contribution in [3.63, 3.8) is 0 Å². The Balaban J connectivity index is 3.61. The molecule has 0 aromatic heterocycles. The molecular weight excluding hydrogens is 156 g/mol. The first kappa shape index (κ1) is 11.2. The maximum Gasteiger partial charge on any atom is 0.407 e. The van der Waals surface area contributed by atoms with Gasteiger partial charge in [-0.05, 0) is 26.3 Å². The lowest BCUT2D eigenvalue weighted by Crippen LogP contribution is -2.36. The molecule has 4 nitrogen and oxygen atoms in total. The Morgan fingerprint density at radius 2 is 2.25 bits per heavy atom. The Bertz CT molecular complexity index is 128. The highest BCUT2D eigenvalue weighted by atomic mass is 16.5. The average molecular weight is 174 g/mol. The van der Waals surface area contributed by atoms with Gasteiger partial charge in [-0.3, -0.25) is 0 Å². The molecule has 0 spiro atoms. The van der Waals surface area contributed by atoms with Gasteiger partial charge in [0.25, 0.3) is 0 Å². The largest absolute Gasteiger partial charge is 0.450 e. The Labute approximate surface area is 73.5 Å². The molecule has 0 heterocycles. The number of carbonyl (C=O) groups is 1. The van der Waals surface area contributed by atoms with Crippen molar-refractivity contribution in [2.45, 2.75) is 32.7 Å². The van der Waals surface area contributed by atoms with Gasteiger partial charge in [-0.15, -0.1) is 0 Å². The van der Waals surface area contributed by atoms with Crippen LogP contribution in [0.3, 0.4) is 0 Å². The zero-order valence-corrected chi connectivity index (χ0v) is 7.80. The zero-order valence-electron chi connectivity index (χ0n) is 7.80. The molecule has 0 saturated carbocycles. The summed E-state index contributed by atoms with van der Waals surface area (Å²) in [6, 6.07) is 0.147. The van der Waals surface area contributed by atoms with E-state index in [1.807, 2.05) is 6.92 Å². The Hall–Kier alpha value is -0.770. The molecular formula is C8H18N2O2. The monoisotopic (exact) mass is 174 g/mol. The second kappa shape index (κ2) is 6.91. The molecule has 0 aromatic rings. The Morgan fingerprint density at radius 3 is 2.67 bits per heavy atom. The maximum absolute atomic E-state index is 10.9. The topological polar surface area (TPSA) is 64.3 Å². The number of hydrogen-bond donors (Lipinski definition) is 2. The first-order valence-electron chi connectivity index (χ1n) is 4.37. The Morgan fingerprint density at radius 1 is 1.58 bits per heavy atom. The van der Waals surface area contributed by atoms with E-state index in [9.17, 15) is 4.79 Å². The van der Waals surface area contributed by atoms with Gasteiger partial charge in [-0.2, -0.15) is 0 Å². The van der Waals surface area contributed by atoms with Crippen molar-refractivity contribution < 1.29 is 9.53 Å². The van der Waals surface area contributed by atoms with Crippen LogP contribution in [0.25, 0.3) is 0 Å². The van der Waals surface area contributed by atoms with Crippen LogP contribution in [-0.4, -0.2) is 25.3 Å². The number of carbonyl (C=O) groups excluding carboxylic acids is 1. The average Bonchev–Trinajstić information content (AvgIpc) is 2.04. The molecule has 0 aliphatic heterocycles. The third-order valence-electron chi connectivity index (χ3n) is 1.61. The number of ether oxygens (including phenoxy) is 1. The predicted molar refractivity (Wildman–Crippen MR) is 47.9 cm³/mol. The van der Waals surface area contributed by atoms with Crippen LogP contribution in [0.15, 0.2) is 0 Å². The van der Waals surface area contributed by atoms with Gasteiger partial charge >= 0.3 is 6.09 Å². The third-order valence-corrected chi connectivity index (χ3v) is 1.61. The van der Waals surface area contributed by atoms with Gasteiger partial charge in [0.15, 0.2) is 0 Å². The summed E-state index contributed by atoms with van der Waals surface area (Å²) in [7, 11) is 0. The molecule has 3 N–H and O–H groups in total. The SMILES string of the molecule is CCOC(=O)NC(CC)CCN. The summed E-state index contributed by atoms with van der Waals surface area (Å²) in [5, 5.41) is 2.73. The second-order valence-electron chi connectivity index (χ2n) is 2.55. The van der Waals surface area contributed by atoms with Crippen molar-refractivity contribution in [1.82, 2.24) is 5.32 Å². The fourth-order valence-corrected chi connectivity index (χ4v) is 0.919. The van der Waals surface area contributed by atoms with Crippen LogP contribution in [0.2, 0.25) is 0 Å². The lowest BCUT2D eigenvalue weighted by molar-refractivity contribution is 0.147. The molecule has 1 atom stereocenters. The minimum atomic E-state index is -0.349. The van der Waals surface area contributed by atoms with Crippen LogP contribution < -0.4 is 11.1 Å². The minimum absolute atomic E-state index is 0.147. The van der Waals surface area contributed by atoms with E-state index >= 15 is 0 Å². The summed E-state index contributed by atoms with van der Waals surface area (Å²) in [5.74, 6) is 0. The van der Waals surface area contributed by atoms with E-state index in [0.717, 1.165) is 12.8 Å². The number of hydrogen-bond acceptors (Lipinski definition) is 3. The van der Waals surface area contributed by atoms with Gasteiger partial charge < -0.3 is 15.8 Å². The van der Waals surface area contributed by atoms with Crippen molar-refractivity contribution in [3.8, 4) is 0 Å². The van der Waals surface area contributed by atoms with Crippen LogP contribution in [0.1, 0.15) is 26.7 Å². The van der Waals surface area contributed by atoms with Gasteiger partial charge in [-0.1, -0.05) is 6.92 Å². The van der Waals surface area contributed by atoms with Gasteiger partial charge in [0.2, 0.25) is 0 Å². The molecule has 72 valence electrons. The van der Waals surface area contributed by atoms with E-state index < -0.39 is 0 Å². The van der Waals surface area contributed by atoms with E-state index in [-0.39, 0.29) is 12.1 Å². The quantitative estimate of drug-likeness (QED) is 0.649. The van der Waals surface area contributed by atoms with E-state index in [4.69, 9.17) is 10.5 Å². The number of amides is 1. The Kier molecular flexibility index (Phi) is 6.47. The molecule has 1 amide bonds. The third kappa shape index (κ3) is 4.96. The van der Waals surface area contributed by atoms with Crippen LogP contribution >= 0.6 is 0 Å². The van der Waals surface area contributed by atoms with E-state index in [2.05, 4.69) is 5.32 Å². The molecule has 0 rings (SSSR count). The summed E-state index contributed by atoms with van der Waals surface area (Å²) in [6.07, 6.45) is 1.34. The highest BCUT2D eigenvalue weighted by Crippen LogP contribution is 1.95. The van der Waals surface area contributed by atoms with Crippen molar-refractivity contribution in [2.75, 3.05) is 13.2 Å². The summed E-state index contributed by atoms with van der Waals surface area (Å²) >= 11 is 0. The van der Waals surface area contributed by atoms with Crippen LogP contribution in [0, 0.1) is 0 Å². The standard InChI is InChI=1S/C8H18N2O2/c1-3-7(5-6-9)10-8(11)12-4-2/h7H,3-6,9H2,1-2H3,(H,10,11). The maximum atomic E-state index is 10.9. The summed E-state index contributed by atoms with van der Waals surface area (Å²) < 4.78 is 4.73. The summed E-state index contributed by atoms with van der Waals surface area (Å²) in [4.78, 5) is 10.9. The van der Waals surface area contributed by atoms with Gasteiger partial charge in [0.05, 0.1) is 6.61 Å². The molecule has 4 heteroatoms. The van der Waals surface area contributed by atoms with E-state index in [0.29, 0.717) is 13.2 Å². The minimum Gasteiger partial charge on any atom is -0.450 e. The van der Waals surface area contributed by atoms with E-state index in [1.54, 1.807) is 6.92 Å². The highest BCUT2D eigenvalue weighted by molar-refractivity contribution is 5.67. The second-order valence-corrected chi connectivity index (χ2v) is 2.55. The first-order valence-corrected chi connectivity index (χ1v) is 4.37. The van der Waals surface area contributed by atoms with Crippen molar-refractivity contribution in [3.05, 3.63) is 0 Å². The molecule has 0 radical (unpaired) electrons. The normalized spacial score (nSPS) is 12.2. The number of rotatable bonds is 5. The molecule has 0 bridgehead atoms. The lowest BCUT2D eigenvalue weighted by atomic mass is 10.1. The van der Waals surface area contributed by atoms with Crippen LogP contribution in [0.4, 0.5) is 4.79 Å². The molecule has 1 unspecified atom stereocenters. The van der Waals surface area contributed by atoms with Crippen molar-refractivity contribution in [1.29, 1.82) is 0 Å². The fraction of sp³-hybridized carbons (Fsp3) is 0.875. The van der Waals surface area contributed by atoms with E-state index in [1.165, 1.54) is 0 Å². The number of nitrogens with two attached hydrogens (primary N) is 1. The number of alkyl carbamates (subject to hydrolysis) is 1. The summed E-state index contributed by atoms with van der Waals surface area (Å²) in [6.45, 7) is 4.78. The predicted octanol–water partition coefficient (Wildman–Crippen LogP) is 0.860. The summed E-state index contributed by atoms with van der Waals surface area (Å²) in [5.41, 5.74) is 5.36. The van der Waals surface area contributed by atoms with Gasteiger partial charge in [0.1, 0.15) is 0 Å². The molecule has 0 aliphatic rings. The van der Waals surface area contributed by atoms with Crippen molar-refractivity contribution >= 4 is 6.09 Å². The smallest absolute Gasteiger partial charge is 0.407 e. The zero-order chi connectivity index (χ0) is 9.40. The molecule has 0 aliphatic carbocycles. The molecule has 0 saturated heterocycles. The first-order chi connectivity index (χ1) is 5.74. The molecule has 0 aromatic carbocycles. The molecule has 12 heavy (non-hydrogen) atoms.